The molecule has 4 aliphatic carbocycles. The highest BCUT2D eigenvalue weighted by Crippen LogP contribution is 2.78. The van der Waals surface area contributed by atoms with E-state index in [2.05, 4.69) is 6.92 Å². The number of carbonyl (C=O) groups is 4. The molecule has 4 saturated carbocycles. The summed E-state index contributed by atoms with van der Waals surface area (Å²) in [6.07, 6.45) is 5.38. The number of esters is 3. The van der Waals surface area contributed by atoms with Gasteiger partial charge in [0.2, 0.25) is 0 Å². The topological polar surface area (TPSA) is 129 Å². The van der Waals surface area contributed by atoms with Gasteiger partial charge in [0.05, 0.1) is 32.7 Å². The normalized spacial score (nSPS) is 43.1. The molecule has 9 nitrogen and oxygen atoms in total. The highest BCUT2D eigenvalue weighted by molar-refractivity contribution is 5.80. The van der Waals surface area contributed by atoms with E-state index in [0.29, 0.717) is 43.3 Å². The number of hydrogen-bond donors (Lipinski definition) is 1. The summed E-state index contributed by atoms with van der Waals surface area (Å²) in [6, 6.07) is 0. The van der Waals surface area contributed by atoms with Crippen molar-refractivity contribution in [3.63, 3.8) is 0 Å². The van der Waals surface area contributed by atoms with E-state index in [1.807, 2.05) is 34.6 Å². The van der Waals surface area contributed by atoms with Gasteiger partial charge < -0.3 is 24.1 Å². The minimum Gasteiger partial charge on any atom is -0.469 e. The lowest BCUT2D eigenvalue weighted by atomic mass is 9.43. The van der Waals surface area contributed by atoms with E-state index < -0.39 is 46.2 Å². The lowest BCUT2D eigenvalue weighted by Gasteiger charge is -2.60. The van der Waals surface area contributed by atoms with E-state index >= 15 is 0 Å². The number of hydrogen-bond acceptors (Lipinski definition) is 9. The molecule has 0 amide bonds. The highest BCUT2D eigenvalue weighted by atomic mass is 16.7. The zero-order valence-corrected chi connectivity index (χ0v) is 28.2. The van der Waals surface area contributed by atoms with Crippen LogP contribution < -0.4 is 0 Å². The first-order valence-corrected chi connectivity index (χ1v) is 16.7. The molecule has 0 radical (unpaired) electrons. The maximum Gasteiger partial charge on any atom is 0.311 e. The van der Waals surface area contributed by atoms with Crippen molar-refractivity contribution in [2.75, 3.05) is 14.2 Å². The lowest BCUT2D eigenvalue weighted by Crippen LogP contribution is -2.59. The molecule has 0 aromatic rings. The number of methoxy groups -OCH3 is 2. The van der Waals surface area contributed by atoms with Crippen molar-refractivity contribution < 1.29 is 43.2 Å². The zero-order valence-electron chi connectivity index (χ0n) is 28.2. The highest BCUT2D eigenvalue weighted by Gasteiger charge is 2.87. The first-order chi connectivity index (χ1) is 20.5. The van der Waals surface area contributed by atoms with E-state index in [1.165, 1.54) is 21.1 Å². The van der Waals surface area contributed by atoms with Crippen LogP contribution in [0.1, 0.15) is 106 Å². The van der Waals surface area contributed by atoms with Crippen LogP contribution in [0.5, 0.6) is 0 Å². The van der Waals surface area contributed by atoms with E-state index in [9.17, 15) is 24.3 Å². The molecule has 1 saturated heterocycles. The molecule has 0 aromatic carbocycles. The Bertz CT molecular complexity index is 1200. The summed E-state index contributed by atoms with van der Waals surface area (Å²) < 4.78 is 23.2. The predicted octanol–water partition coefficient (Wildman–Crippen LogP) is 5.04. The molecule has 5 aliphatic rings. The monoisotopic (exact) mass is 618 g/mol. The molecule has 44 heavy (non-hydrogen) atoms. The van der Waals surface area contributed by atoms with Crippen molar-refractivity contribution in [3.05, 3.63) is 0 Å². The Morgan fingerprint density at radius 2 is 1.73 bits per heavy atom. The Morgan fingerprint density at radius 1 is 1.05 bits per heavy atom. The van der Waals surface area contributed by atoms with Crippen LogP contribution >= 0.6 is 0 Å². The van der Waals surface area contributed by atoms with Gasteiger partial charge in [0.1, 0.15) is 22.6 Å². The van der Waals surface area contributed by atoms with Crippen molar-refractivity contribution in [2.24, 2.45) is 52.3 Å². The van der Waals surface area contributed by atoms with Gasteiger partial charge in [-0.05, 0) is 100 Å². The number of ketones is 1. The van der Waals surface area contributed by atoms with Gasteiger partial charge in [-0.1, -0.05) is 20.8 Å². The van der Waals surface area contributed by atoms with E-state index in [-0.39, 0.29) is 41.5 Å². The minimum absolute atomic E-state index is 0.0103. The van der Waals surface area contributed by atoms with Crippen LogP contribution in [0.4, 0.5) is 0 Å². The molecule has 9 heteroatoms. The molecule has 1 heterocycles. The quantitative estimate of drug-likeness (QED) is 0.226. The molecule has 5 rings (SSSR count). The Balaban J connectivity index is 1.55. The Hall–Kier alpha value is -2.00. The number of Topliss-reactive ketones (excluding diaryl/α,β-unsaturated/α-hetero) is 1. The third-order valence-electron chi connectivity index (χ3n) is 14.0. The largest absolute Gasteiger partial charge is 0.469 e. The molecule has 1 aliphatic heterocycles. The van der Waals surface area contributed by atoms with Gasteiger partial charge >= 0.3 is 17.9 Å². The summed E-state index contributed by atoms with van der Waals surface area (Å²) in [7, 11) is 2.76. The first-order valence-electron chi connectivity index (χ1n) is 16.7. The second kappa shape index (κ2) is 11.1. The van der Waals surface area contributed by atoms with Crippen LogP contribution in [0.3, 0.4) is 0 Å². The number of fused-ring (bicyclic) bond motifs is 6. The van der Waals surface area contributed by atoms with E-state index in [1.54, 1.807) is 0 Å². The third kappa shape index (κ3) is 4.60. The Kier molecular flexibility index (Phi) is 8.39. The predicted molar refractivity (Wildman–Crippen MR) is 161 cm³/mol. The van der Waals surface area contributed by atoms with Gasteiger partial charge in [-0.3, -0.25) is 19.2 Å². The van der Waals surface area contributed by atoms with Crippen molar-refractivity contribution in [1.82, 2.24) is 0 Å². The summed E-state index contributed by atoms with van der Waals surface area (Å²) in [5.41, 5.74) is -3.78. The molecule has 1 N–H and O–H groups in total. The number of epoxide rings is 1. The summed E-state index contributed by atoms with van der Waals surface area (Å²) >= 11 is 0. The van der Waals surface area contributed by atoms with E-state index in [0.717, 1.165) is 25.7 Å². The summed E-state index contributed by atoms with van der Waals surface area (Å²) in [5, 5.41) is 12.1. The molecule has 0 bridgehead atoms. The molecule has 248 valence electrons. The van der Waals surface area contributed by atoms with Gasteiger partial charge in [0.25, 0.3) is 0 Å². The van der Waals surface area contributed by atoms with Crippen LogP contribution in [0.25, 0.3) is 0 Å². The number of rotatable bonds is 8. The van der Waals surface area contributed by atoms with Crippen molar-refractivity contribution in [3.8, 4) is 0 Å². The van der Waals surface area contributed by atoms with Crippen LogP contribution in [-0.4, -0.2) is 65.9 Å². The Labute approximate surface area is 262 Å². The molecule has 0 aromatic heterocycles. The second-order valence-electron chi connectivity index (χ2n) is 15.9. The van der Waals surface area contributed by atoms with Crippen LogP contribution in [0.15, 0.2) is 0 Å². The second-order valence-corrected chi connectivity index (χ2v) is 15.9. The fourth-order valence-electron chi connectivity index (χ4n) is 11.6. The number of ether oxygens (including phenoxy) is 4. The minimum atomic E-state index is -1.14. The van der Waals surface area contributed by atoms with Gasteiger partial charge in [0, 0.05) is 25.2 Å². The fourth-order valence-corrected chi connectivity index (χ4v) is 11.6. The summed E-state index contributed by atoms with van der Waals surface area (Å²) in [6.45, 7) is 13.2. The number of carbonyl (C=O) groups excluding carboxylic acids is 4. The van der Waals surface area contributed by atoms with Crippen molar-refractivity contribution in [1.29, 1.82) is 0 Å². The molecular formula is C35H54O9. The van der Waals surface area contributed by atoms with Crippen LogP contribution in [0, 0.1) is 52.3 Å². The maximum absolute atomic E-state index is 13.7. The van der Waals surface area contributed by atoms with Crippen LogP contribution in [-0.2, 0) is 38.1 Å². The average molecular weight is 619 g/mol. The number of aliphatic hydroxyl groups is 1. The van der Waals surface area contributed by atoms with Gasteiger partial charge in [-0.15, -0.1) is 0 Å². The van der Waals surface area contributed by atoms with Gasteiger partial charge in [0.15, 0.2) is 0 Å². The molecule has 5 fully saturated rings. The van der Waals surface area contributed by atoms with Crippen molar-refractivity contribution in [2.45, 2.75) is 129 Å². The SMILES string of the molecule is COC(=O)C[C@]12CCC3C(CCC4CC(=O)CC[C@@]43C)C1CC(O)C21O[C@@]1(C)C(C(=O)OC)[C@@H](C)[C@H](C)C(C)(C)OC(C)=O. The molecule has 7 unspecified atom stereocenters. The zero-order chi connectivity index (χ0) is 32.6. The van der Waals surface area contributed by atoms with Gasteiger partial charge in [-0.25, -0.2) is 0 Å². The third-order valence-corrected chi connectivity index (χ3v) is 14.0. The molecule has 1 spiro atoms. The maximum atomic E-state index is 13.7. The van der Waals surface area contributed by atoms with E-state index in [4.69, 9.17) is 18.9 Å². The smallest absolute Gasteiger partial charge is 0.311 e. The first kappa shape index (κ1) is 33.4. The number of aliphatic hydroxyl groups excluding tert-OH is 1. The standard InChI is InChI=1S/C35H54O9/c1-19(20(2)31(4,5)43-21(3)36)29(30(40)42-9)33(7)35(44-33)27(38)17-26-24-11-10-22-16-23(37)12-14-32(22,6)25(24)13-15-34(26,35)18-28(39)41-8/h19-20,22,24-27,29,38H,10-18H2,1-9H3/t19-,20-,22?,24?,25?,26?,27?,29?,32-,33-,34+,35?/m0/s1. The molecular weight excluding hydrogens is 564 g/mol. The summed E-state index contributed by atoms with van der Waals surface area (Å²) in [4.78, 5) is 51.3. The lowest BCUT2D eigenvalue weighted by molar-refractivity contribution is -0.164. The average Bonchev–Trinajstić information content (AvgIpc) is 3.52. The van der Waals surface area contributed by atoms with Crippen LogP contribution in [0.2, 0.25) is 0 Å². The van der Waals surface area contributed by atoms with Gasteiger partial charge in [-0.2, -0.15) is 0 Å². The van der Waals surface area contributed by atoms with Crippen molar-refractivity contribution >= 4 is 23.7 Å². The Morgan fingerprint density at radius 3 is 2.34 bits per heavy atom. The molecule has 12 atom stereocenters. The fraction of sp³-hybridized carbons (Fsp3) is 0.886. The summed E-state index contributed by atoms with van der Waals surface area (Å²) in [5.74, 6) is -1.14.